The van der Waals surface area contributed by atoms with Crippen LogP contribution in [-0.2, 0) is 17.6 Å². The number of carbonyl (C=O) groups is 1. The van der Waals surface area contributed by atoms with Crippen LogP contribution >= 0.6 is 0 Å². The van der Waals surface area contributed by atoms with Gasteiger partial charge in [-0.3, -0.25) is 4.79 Å². The zero-order valence-electron chi connectivity index (χ0n) is 18.7. The maximum Gasteiger partial charge on any atom is 0.303 e. The third kappa shape index (κ3) is 6.97. The van der Waals surface area contributed by atoms with Gasteiger partial charge in [-0.05, 0) is 66.6 Å². The van der Waals surface area contributed by atoms with E-state index in [2.05, 4.69) is 0 Å². The van der Waals surface area contributed by atoms with E-state index in [9.17, 15) is 14.3 Å². The molecular weight excluding hydrogens is 423 g/mol. The third-order valence-electron chi connectivity index (χ3n) is 5.35. The fourth-order valence-corrected chi connectivity index (χ4v) is 3.55. The normalized spacial score (nSPS) is 10.7. The van der Waals surface area contributed by atoms with Crippen molar-refractivity contribution in [3.8, 4) is 28.4 Å². The Kier molecular flexibility index (Phi) is 8.70. The molecule has 0 bridgehead atoms. The molecule has 0 aromatic heterocycles. The van der Waals surface area contributed by atoms with Gasteiger partial charge in [0, 0.05) is 18.1 Å². The van der Waals surface area contributed by atoms with Gasteiger partial charge < -0.3 is 19.7 Å². The fourth-order valence-electron chi connectivity index (χ4n) is 3.55. The highest BCUT2D eigenvalue weighted by molar-refractivity contribution is 5.72. The number of aryl methyl sites for hydroxylation is 2. The summed E-state index contributed by atoms with van der Waals surface area (Å²) in [7, 11) is 0. The van der Waals surface area contributed by atoms with Crippen molar-refractivity contribution in [2.75, 3.05) is 13.2 Å². The molecule has 0 saturated heterocycles. The maximum absolute atomic E-state index is 13.2. The van der Waals surface area contributed by atoms with Gasteiger partial charge in [-0.2, -0.15) is 0 Å². The molecule has 0 aliphatic rings. The number of unbranched alkanes of at least 4 members (excludes halogenated alkanes) is 1. The number of halogens is 1. The number of carboxylic acid groups (broad SMARTS) is 1. The van der Waals surface area contributed by atoms with Crippen LogP contribution in [0.15, 0.2) is 60.7 Å². The number of carboxylic acids is 1. The lowest BCUT2D eigenvalue weighted by molar-refractivity contribution is -0.136. The molecule has 0 spiro atoms. The number of ether oxygens (including phenoxy) is 2. The van der Waals surface area contributed by atoms with Crippen LogP contribution in [-0.4, -0.2) is 29.4 Å². The van der Waals surface area contributed by atoms with Gasteiger partial charge in [-0.1, -0.05) is 37.3 Å². The molecule has 33 heavy (non-hydrogen) atoms. The van der Waals surface area contributed by atoms with Crippen molar-refractivity contribution < 1.29 is 28.9 Å². The van der Waals surface area contributed by atoms with Gasteiger partial charge in [-0.15, -0.1) is 0 Å². The summed E-state index contributed by atoms with van der Waals surface area (Å²) in [6.07, 6.45) is 2.78. The Morgan fingerprint density at radius 1 is 0.909 bits per heavy atom. The first kappa shape index (κ1) is 24.1. The van der Waals surface area contributed by atoms with Crippen LogP contribution in [0, 0.1) is 5.82 Å². The van der Waals surface area contributed by atoms with Crippen LogP contribution in [0.3, 0.4) is 0 Å². The number of hydrogen-bond acceptors (Lipinski definition) is 4. The van der Waals surface area contributed by atoms with E-state index in [-0.39, 0.29) is 18.0 Å². The molecule has 5 nitrogen and oxygen atoms in total. The number of phenols is 1. The minimum absolute atomic E-state index is 0.0702. The SMILES string of the molecule is CCc1cc(-c2ccc(F)cc2)c(O)cc1OCCCCOc1ccccc1CCC(=O)O. The molecule has 0 aliphatic carbocycles. The number of benzene rings is 3. The molecule has 0 heterocycles. The summed E-state index contributed by atoms with van der Waals surface area (Å²) in [5.41, 5.74) is 3.25. The van der Waals surface area contributed by atoms with Crippen LogP contribution in [0.2, 0.25) is 0 Å². The van der Waals surface area contributed by atoms with Gasteiger partial charge in [-0.25, -0.2) is 4.39 Å². The second-order valence-corrected chi connectivity index (χ2v) is 7.74. The molecule has 0 amide bonds. The minimum atomic E-state index is -0.829. The Balaban J connectivity index is 1.50. The molecule has 3 aromatic rings. The molecule has 0 fully saturated rings. The summed E-state index contributed by atoms with van der Waals surface area (Å²) in [6, 6.07) is 17.0. The first-order chi connectivity index (χ1) is 16.0. The molecule has 0 aliphatic heterocycles. The smallest absolute Gasteiger partial charge is 0.303 e. The van der Waals surface area contributed by atoms with Crippen molar-refractivity contribution >= 4 is 5.97 Å². The molecule has 2 N–H and O–H groups in total. The van der Waals surface area contributed by atoms with Gasteiger partial charge in [0.15, 0.2) is 0 Å². The highest BCUT2D eigenvalue weighted by Gasteiger charge is 2.12. The van der Waals surface area contributed by atoms with Gasteiger partial charge in [0.2, 0.25) is 0 Å². The van der Waals surface area contributed by atoms with E-state index < -0.39 is 5.97 Å². The first-order valence-electron chi connectivity index (χ1n) is 11.1. The standard InChI is InChI=1S/C27H29FO5/c1-2-19-17-23(20-9-12-22(28)13-10-20)24(29)18-26(19)33-16-6-5-15-32-25-8-4-3-7-21(25)11-14-27(30)31/h3-4,7-10,12-13,17-18,29H,2,5-6,11,14-16H2,1H3,(H,30,31). The van der Waals surface area contributed by atoms with Gasteiger partial charge >= 0.3 is 5.97 Å². The average molecular weight is 453 g/mol. The van der Waals surface area contributed by atoms with E-state index in [1.54, 1.807) is 18.2 Å². The predicted octanol–water partition coefficient (Wildman–Crippen LogP) is 6.02. The Hall–Kier alpha value is -3.54. The molecule has 3 rings (SSSR count). The molecule has 0 unspecified atom stereocenters. The monoisotopic (exact) mass is 452 g/mol. The Morgan fingerprint density at radius 2 is 1.58 bits per heavy atom. The highest BCUT2D eigenvalue weighted by Crippen LogP contribution is 2.36. The van der Waals surface area contributed by atoms with Crippen molar-refractivity contribution in [3.63, 3.8) is 0 Å². The summed E-state index contributed by atoms with van der Waals surface area (Å²) >= 11 is 0. The summed E-state index contributed by atoms with van der Waals surface area (Å²) < 4.78 is 25.0. The van der Waals surface area contributed by atoms with E-state index in [0.717, 1.165) is 36.0 Å². The van der Waals surface area contributed by atoms with Gasteiger partial charge in [0.1, 0.15) is 23.1 Å². The molecule has 174 valence electrons. The second kappa shape index (κ2) is 11.9. The van der Waals surface area contributed by atoms with Crippen LogP contribution in [0.25, 0.3) is 11.1 Å². The Morgan fingerprint density at radius 3 is 2.24 bits per heavy atom. The lowest BCUT2D eigenvalue weighted by Gasteiger charge is -2.15. The van der Waals surface area contributed by atoms with E-state index in [4.69, 9.17) is 14.6 Å². The number of phenolic OH excluding ortho intramolecular Hbond substituents is 1. The number of hydrogen-bond donors (Lipinski definition) is 2. The number of para-hydroxylation sites is 1. The van der Waals surface area contributed by atoms with Gasteiger partial charge in [0.25, 0.3) is 0 Å². The van der Waals surface area contributed by atoms with Crippen LogP contribution in [0.1, 0.15) is 37.3 Å². The number of aliphatic carboxylic acids is 1. The predicted molar refractivity (Wildman–Crippen MR) is 126 cm³/mol. The summed E-state index contributed by atoms with van der Waals surface area (Å²) in [4.78, 5) is 10.8. The molecule has 0 saturated carbocycles. The van der Waals surface area contributed by atoms with Crippen molar-refractivity contribution in [2.45, 2.75) is 39.0 Å². The van der Waals surface area contributed by atoms with Crippen LogP contribution < -0.4 is 9.47 Å². The van der Waals surface area contributed by atoms with Crippen molar-refractivity contribution in [3.05, 3.63) is 77.6 Å². The quantitative estimate of drug-likeness (QED) is 0.329. The van der Waals surface area contributed by atoms with Crippen LogP contribution in [0.4, 0.5) is 4.39 Å². The van der Waals surface area contributed by atoms with Gasteiger partial charge in [0.05, 0.1) is 13.2 Å². The fraction of sp³-hybridized carbons (Fsp3) is 0.296. The summed E-state index contributed by atoms with van der Waals surface area (Å²) in [6.45, 7) is 3.00. The Bertz CT molecular complexity index is 1060. The largest absolute Gasteiger partial charge is 0.507 e. The number of aromatic hydroxyl groups is 1. The molecule has 0 radical (unpaired) electrons. The summed E-state index contributed by atoms with van der Waals surface area (Å²) in [5.74, 6) is 0.303. The lowest BCUT2D eigenvalue weighted by Crippen LogP contribution is -2.05. The first-order valence-corrected chi connectivity index (χ1v) is 11.1. The molecule has 6 heteroatoms. The summed E-state index contributed by atoms with van der Waals surface area (Å²) in [5, 5.41) is 19.4. The highest BCUT2D eigenvalue weighted by atomic mass is 19.1. The van der Waals surface area contributed by atoms with Crippen molar-refractivity contribution in [1.29, 1.82) is 0 Å². The second-order valence-electron chi connectivity index (χ2n) is 7.74. The van der Waals surface area contributed by atoms with Crippen molar-refractivity contribution in [1.82, 2.24) is 0 Å². The topological polar surface area (TPSA) is 76.0 Å². The average Bonchev–Trinajstić information content (AvgIpc) is 2.81. The van der Waals surface area contributed by atoms with E-state index in [1.807, 2.05) is 37.3 Å². The lowest BCUT2D eigenvalue weighted by atomic mass is 10.00. The minimum Gasteiger partial charge on any atom is -0.507 e. The maximum atomic E-state index is 13.2. The zero-order valence-corrected chi connectivity index (χ0v) is 18.7. The third-order valence-corrected chi connectivity index (χ3v) is 5.35. The van der Waals surface area contributed by atoms with E-state index >= 15 is 0 Å². The van der Waals surface area contributed by atoms with Crippen LogP contribution in [0.5, 0.6) is 17.2 Å². The zero-order chi connectivity index (χ0) is 23.6. The molecule has 0 atom stereocenters. The van der Waals surface area contributed by atoms with Crippen molar-refractivity contribution in [2.24, 2.45) is 0 Å². The van der Waals surface area contributed by atoms with E-state index in [1.165, 1.54) is 12.1 Å². The Labute approximate surface area is 193 Å². The van der Waals surface area contributed by atoms with E-state index in [0.29, 0.717) is 36.7 Å². The molecule has 3 aromatic carbocycles. The number of rotatable bonds is 12. The molecular formula is C27H29FO5.